The molecular formula is C21H17BrN3O3S2+. The van der Waals surface area contributed by atoms with Crippen LogP contribution in [0.1, 0.15) is 0 Å². The van der Waals surface area contributed by atoms with E-state index in [-0.39, 0.29) is 16.6 Å². The van der Waals surface area contributed by atoms with Crippen molar-refractivity contribution in [1.29, 1.82) is 0 Å². The molecule has 2 N–H and O–H groups in total. The van der Waals surface area contributed by atoms with E-state index in [1.54, 1.807) is 60.7 Å². The number of nitrogens with one attached hydrogen (secondary N) is 2. The number of hydrogen-bond donors (Lipinski definition) is 2. The number of rotatable bonds is 6. The molecule has 1 aromatic heterocycles. The Labute approximate surface area is 186 Å². The van der Waals surface area contributed by atoms with Crippen molar-refractivity contribution in [3.63, 3.8) is 0 Å². The molecule has 9 heteroatoms. The second-order valence-electron chi connectivity index (χ2n) is 6.38. The Morgan fingerprint density at radius 2 is 1.73 bits per heavy atom. The van der Waals surface area contributed by atoms with E-state index >= 15 is 0 Å². The van der Waals surface area contributed by atoms with Gasteiger partial charge in [0.05, 0.1) is 5.75 Å². The van der Waals surface area contributed by atoms with Gasteiger partial charge >= 0.3 is 15.2 Å². The van der Waals surface area contributed by atoms with Gasteiger partial charge in [-0.05, 0) is 54.2 Å². The fraction of sp³-hybridized carbons (Fsp3) is 0.0476. The third-order valence-electron chi connectivity index (χ3n) is 4.28. The van der Waals surface area contributed by atoms with Crippen molar-refractivity contribution in [2.75, 3.05) is 11.1 Å². The van der Waals surface area contributed by atoms with Gasteiger partial charge in [-0.15, -0.1) is 3.97 Å². The third-order valence-corrected chi connectivity index (χ3v) is 7.58. The van der Waals surface area contributed by atoms with Crippen LogP contribution in [0, 0.1) is 0 Å². The third kappa shape index (κ3) is 4.28. The van der Waals surface area contributed by atoms with Gasteiger partial charge in [-0.3, -0.25) is 4.79 Å². The van der Waals surface area contributed by atoms with Gasteiger partial charge in [0.1, 0.15) is 4.90 Å². The van der Waals surface area contributed by atoms with Crippen LogP contribution < -0.4 is 9.29 Å². The van der Waals surface area contributed by atoms with Crippen molar-refractivity contribution >= 4 is 60.3 Å². The Bertz CT molecular complexity index is 1320. The highest BCUT2D eigenvalue weighted by Gasteiger charge is 2.31. The molecule has 3 aromatic carbocycles. The second kappa shape index (κ2) is 8.63. The number of thioether (sulfide) groups is 1. The van der Waals surface area contributed by atoms with Crippen LogP contribution in [0.3, 0.4) is 0 Å². The molecule has 0 unspecified atom stereocenters. The van der Waals surface area contributed by atoms with E-state index < -0.39 is 10.0 Å². The molecule has 4 rings (SSSR count). The lowest BCUT2D eigenvalue weighted by Crippen LogP contribution is -2.44. The number of carbonyl (C=O) groups excluding carboxylic acids is 1. The van der Waals surface area contributed by atoms with E-state index in [0.29, 0.717) is 21.9 Å². The van der Waals surface area contributed by atoms with E-state index in [1.807, 2.05) is 18.2 Å². The minimum absolute atomic E-state index is 0.0453. The number of anilines is 1. The summed E-state index contributed by atoms with van der Waals surface area (Å²) in [5.74, 6) is -0.190. The predicted octanol–water partition coefficient (Wildman–Crippen LogP) is 4.19. The van der Waals surface area contributed by atoms with Crippen LogP contribution in [-0.4, -0.2) is 25.1 Å². The van der Waals surface area contributed by atoms with Gasteiger partial charge in [0.25, 0.3) is 0 Å². The summed E-state index contributed by atoms with van der Waals surface area (Å²) in [6, 6.07) is 22.7. The van der Waals surface area contributed by atoms with Crippen molar-refractivity contribution in [3.8, 4) is 0 Å². The first-order valence-corrected chi connectivity index (χ1v) is 12.2. The topological polar surface area (TPSA) is 82.9 Å². The smallest absolute Gasteiger partial charge is 0.325 e. The number of benzene rings is 3. The number of aromatic nitrogens is 2. The number of fused-ring (bicyclic) bond motifs is 1. The van der Waals surface area contributed by atoms with Crippen molar-refractivity contribution in [2.45, 2.75) is 10.1 Å². The number of imidazole rings is 1. The van der Waals surface area contributed by atoms with Gasteiger partial charge in [0.15, 0.2) is 11.0 Å². The van der Waals surface area contributed by atoms with Crippen LogP contribution in [0.5, 0.6) is 0 Å². The number of halogens is 1. The lowest BCUT2D eigenvalue weighted by Gasteiger charge is -2.05. The van der Waals surface area contributed by atoms with Crippen LogP contribution in [-0.2, 0) is 14.8 Å². The standard InChI is InChI=1S/C21H16BrN3O3S2/c22-15-7-6-8-16(13-15)23-20(26)14-29-21-24-18-11-4-5-12-19(18)25(21)30(27,28)17-9-2-1-3-10-17/h1-13H,14H2,(H,23,26)/p+1. The highest BCUT2D eigenvalue weighted by molar-refractivity contribution is 9.10. The Kier molecular flexibility index (Phi) is 5.94. The van der Waals surface area contributed by atoms with Gasteiger partial charge in [-0.1, -0.05) is 52.3 Å². The summed E-state index contributed by atoms with van der Waals surface area (Å²) in [7, 11) is -3.84. The summed E-state index contributed by atoms with van der Waals surface area (Å²) < 4.78 is 28.8. The quantitative estimate of drug-likeness (QED) is 0.306. The molecule has 4 aromatic rings. The number of H-pyrrole nitrogens is 1. The van der Waals surface area contributed by atoms with E-state index in [9.17, 15) is 13.2 Å². The zero-order valence-electron chi connectivity index (χ0n) is 15.6. The highest BCUT2D eigenvalue weighted by Crippen LogP contribution is 2.22. The molecule has 30 heavy (non-hydrogen) atoms. The van der Waals surface area contributed by atoms with Crippen LogP contribution in [0.15, 0.2) is 93.4 Å². The maximum atomic E-state index is 13.3. The zero-order chi connectivity index (χ0) is 21.1. The molecular weight excluding hydrogens is 486 g/mol. The number of aromatic amines is 1. The Balaban J connectivity index is 1.65. The Morgan fingerprint density at radius 1 is 1.00 bits per heavy atom. The Hall–Kier alpha value is -2.62. The van der Waals surface area contributed by atoms with Gasteiger partial charge in [-0.2, -0.15) is 8.42 Å². The molecule has 152 valence electrons. The number of para-hydroxylation sites is 2. The lowest BCUT2D eigenvalue weighted by atomic mass is 10.3. The first-order valence-electron chi connectivity index (χ1n) is 8.97. The molecule has 0 fully saturated rings. The summed E-state index contributed by atoms with van der Waals surface area (Å²) in [4.78, 5) is 15.7. The van der Waals surface area contributed by atoms with Crippen molar-refractivity contribution in [1.82, 2.24) is 4.98 Å². The molecule has 6 nitrogen and oxygen atoms in total. The first-order chi connectivity index (χ1) is 14.4. The minimum atomic E-state index is -3.84. The SMILES string of the molecule is O=C(CSc1[nH]c2ccccc2[n+]1S(=O)(=O)c1ccccc1)Nc1cccc(Br)c1. The normalized spacial score (nSPS) is 11.5. The summed E-state index contributed by atoms with van der Waals surface area (Å²) in [6.45, 7) is 0. The number of nitrogens with zero attached hydrogens (tertiary/aromatic N) is 1. The molecule has 0 atom stereocenters. The second-order valence-corrected chi connectivity index (χ2v) is 10.0. The van der Waals surface area contributed by atoms with Crippen LogP contribution in [0.25, 0.3) is 11.0 Å². The van der Waals surface area contributed by atoms with Crippen molar-refractivity contribution in [2.24, 2.45) is 0 Å². The molecule has 0 radical (unpaired) electrons. The molecule has 0 aliphatic heterocycles. The van der Waals surface area contributed by atoms with Crippen LogP contribution in [0.2, 0.25) is 0 Å². The average molecular weight is 503 g/mol. The summed E-state index contributed by atoms with van der Waals surface area (Å²) in [5, 5.41) is 3.18. The summed E-state index contributed by atoms with van der Waals surface area (Å²) in [5.41, 5.74) is 1.86. The number of hydrogen-bond acceptors (Lipinski definition) is 4. The van der Waals surface area contributed by atoms with Crippen LogP contribution >= 0.6 is 27.7 Å². The fourth-order valence-corrected chi connectivity index (χ4v) is 5.94. The van der Waals surface area contributed by atoms with Gasteiger partial charge in [-0.25, -0.2) is 4.98 Å². The van der Waals surface area contributed by atoms with E-state index in [2.05, 4.69) is 26.2 Å². The molecule has 1 amide bonds. The number of carbonyl (C=O) groups is 1. The lowest BCUT2D eigenvalue weighted by molar-refractivity contribution is -0.526. The molecule has 0 spiro atoms. The average Bonchev–Trinajstić information content (AvgIpc) is 3.12. The van der Waals surface area contributed by atoms with E-state index in [0.717, 1.165) is 16.2 Å². The fourth-order valence-electron chi connectivity index (χ4n) is 2.96. The zero-order valence-corrected chi connectivity index (χ0v) is 18.8. The van der Waals surface area contributed by atoms with E-state index in [1.165, 1.54) is 3.97 Å². The van der Waals surface area contributed by atoms with Crippen molar-refractivity contribution < 1.29 is 17.2 Å². The van der Waals surface area contributed by atoms with Gasteiger partial charge < -0.3 is 5.32 Å². The van der Waals surface area contributed by atoms with Crippen molar-refractivity contribution in [3.05, 3.63) is 83.3 Å². The maximum Gasteiger partial charge on any atom is 0.336 e. The van der Waals surface area contributed by atoms with Crippen LogP contribution in [0.4, 0.5) is 5.69 Å². The predicted molar refractivity (Wildman–Crippen MR) is 121 cm³/mol. The highest BCUT2D eigenvalue weighted by atomic mass is 79.9. The largest absolute Gasteiger partial charge is 0.336 e. The monoisotopic (exact) mass is 502 g/mol. The maximum absolute atomic E-state index is 13.3. The van der Waals surface area contributed by atoms with E-state index in [4.69, 9.17) is 0 Å². The summed E-state index contributed by atoms with van der Waals surface area (Å²) >= 11 is 4.50. The molecule has 1 heterocycles. The summed E-state index contributed by atoms with van der Waals surface area (Å²) in [6.07, 6.45) is 0. The van der Waals surface area contributed by atoms with Gasteiger partial charge in [0.2, 0.25) is 5.91 Å². The molecule has 0 saturated heterocycles. The minimum Gasteiger partial charge on any atom is -0.325 e. The molecule has 0 saturated carbocycles. The molecule has 0 bridgehead atoms. The first kappa shape index (κ1) is 20.6. The molecule has 0 aliphatic rings. The molecule has 0 aliphatic carbocycles. The number of amides is 1. The Morgan fingerprint density at radius 3 is 2.50 bits per heavy atom. The van der Waals surface area contributed by atoms with Gasteiger partial charge in [0, 0.05) is 10.2 Å².